The van der Waals surface area contributed by atoms with Gasteiger partial charge in [0, 0.05) is 6.42 Å². The van der Waals surface area contributed by atoms with E-state index in [1.165, 1.54) is 25.2 Å². The number of amides is 1. The first kappa shape index (κ1) is 7.58. The summed E-state index contributed by atoms with van der Waals surface area (Å²) in [5.74, 6) is 1.19. The molecule has 57 valence electrons. The molecular weight excluding hydrogens is 126 g/mol. The second-order valence-corrected chi connectivity index (χ2v) is 2.95. The first-order valence-corrected chi connectivity index (χ1v) is 3.91. The first-order chi connectivity index (χ1) is 4.79. The van der Waals surface area contributed by atoms with Crippen LogP contribution in [0.2, 0.25) is 0 Å². The maximum atomic E-state index is 10.5. The van der Waals surface area contributed by atoms with Gasteiger partial charge in [0.1, 0.15) is 0 Å². The Hall–Kier alpha value is -0.530. The molecule has 0 aromatic rings. The molecule has 0 aliphatic heterocycles. The molecule has 2 nitrogen and oxygen atoms in total. The number of carbonyl (C=O) groups excluding carboxylic acids is 1. The van der Waals surface area contributed by atoms with Crippen molar-refractivity contribution in [2.24, 2.45) is 5.73 Å². The fourth-order valence-electron chi connectivity index (χ4n) is 1.47. The molecule has 0 bridgehead atoms. The van der Waals surface area contributed by atoms with E-state index in [9.17, 15) is 4.79 Å². The van der Waals surface area contributed by atoms with E-state index in [0.29, 0.717) is 6.42 Å². The van der Waals surface area contributed by atoms with Gasteiger partial charge in [0.05, 0.1) is 0 Å². The van der Waals surface area contributed by atoms with E-state index in [0.717, 1.165) is 12.8 Å². The summed E-state index contributed by atoms with van der Waals surface area (Å²) >= 11 is 0. The molecule has 0 heterocycles. The van der Waals surface area contributed by atoms with Crippen molar-refractivity contribution in [3.63, 3.8) is 0 Å². The third-order valence-electron chi connectivity index (χ3n) is 1.98. The van der Waals surface area contributed by atoms with E-state index < -0.39 is 0 Å². The summed E-state index contributed by atoms with van der Waals surface area (Å²) in [6.07, 6.45) is 6.61. The van der Waals surface area contributed by atoms with E-state index in [4.69, 9.17) is 5.73 Å². The molecule has 0 saturated heterocycles. The highest BCUT2D eigenvalue weighted by molar-refractivity contribution is 5.75. The molecule has 0 spiro atoms. The van der Waals surface area contributed by atoms with Gasteiger partial charge in [0.15, 0.2) is 0 Å². The topological polar surface area (TPSA) is 43.1 Å². The second-order valence-electron chi connectivity index (χ2n) is 2.95. The number of hydrogen-bond donors (Lipinski definition) is 1. The average Bonchev–Trinajstić information content (AvgIpc) is 1.88. The van der Waals surface area contributed by atoms with Crippen LogP contribution in [0.3, 0.4) is 0 Å². The minimum atomic E-state index is -0.170. The highest BCUT2D eigenvalue weighted by Gasteiger charge is 2.15. The Balaban J connectivity index is 2.19. The zero-order valence-electron chi connectivity index (χ0n) is 6.23. The monoisotopic (exact) mass is 140 g/mol. The normalized spacial score (nSPS) is 20.8. The van der Waals surface area contributed by atoms with Crippen LogP contribution in [0.15, 0.2) is 0 Å². The Bertz CT molecular complexity index is 116. The maximum absolute atomic E-state index is 10.5. The van der Waals surface area contributed by atoms with Crippen LogP contribution < -0.4 is 5.73 Å². The number of carbonyl (C=O) groups is 1. The molecular formula is C8H14NO. The lowest BCUT2D eigenvalue weighted by Gasteiger charge is -2.18. The van der Waals surface area contributed by atoms with Crippen LogP contribution in [-0.2, 0) is 4.79 Å². The van der Waals surface area contributed by atoms with Crippen LogP contribution in [0.25, 0.3) is 0 Å². The number of rotatable bonds is 2. The molecule has 0 aromatic heterocycles. The molecule has 0 unspecified atom stereocenters. The standard InChI is InChI=1S/C8H14NO/c9-8(10)6-7-4-2-1-3-5-7/h1-6H2,(H2,9,10). The first-order valence-electron chi connectivity index (χ1n) is 3.91. The van der Waals surface area contributed by atoms with Gasteiger partial charge in [-0.1, -0.05) is 19.3 Å². The zero-order valence-corrected chi connectivity index (χ0v) is 6.23. The van der Waals surface area contributed by atoms with E-state index in [-0.39, 0.29) is 5.91 Å². The Kier molecular flexibility index (Phi) is 2.72. The lowest BCUT2D eigenvalue weighted by Crippen LogP contribution is -2.16. The summed E-state index contributed by atoms with van der Waals surface area (Å²) in [5.41, 5.74) is 5.06. The molecule has 1 rings (SSSR count). The van der Waals surface area contributed by atoms with Gasteiger partial charge in [-0.3, -0.25) is 4.79 Å². The Morgan fingerprint density at radius 3 is 2.40 bits per heavy atom. The van der Waals surface area contributed by atoms with Gasteiger partial charge in [-0.15, -0.1) is 0 Å². The second kappa shape index (κ2) is 3.59. The molecule has 10 heavy (non-hydrogen) atoms. The molecule has 1 radical (unpaired) electrons. The molecule has 2 heteroatoms. The van der Waals surface area contributed by atoms with Crippen LogP contribution in [0.4, 0.5) is 0 Å². The van der Waals surface area contributed by atoms with Gasteiger partial charge in [-0.2, -0.15) is 0 Å². The third-order valence-corrected chi connectivity index (χ3v) is 1.98. The quantitative estimate of drug-likeness (QED) is 0.619. The SMILES string of the molecule is NC(=O)C[C]1CCCCC1. The highest BCUT2D eigenvalue weighted by atomic mass is 16.1. The van der Waals surface area contributed by atoms with Crippen LogP contribution in [0.5, 0.6) is 0 Å². The van der Waals surface area contributed by atoms with E-state index >= 15 is 0 Å². The van der Waals surface area contributed by atoms with Crippen molar-refractivity contribution in [1.82, 2.24) is 0 Å². The van der Waals surface area contributed by atoms with Crippen molar-refractivity contribution in [2.45, 2.75) is 38.5 Å². The van der Waals surface area contributed by atoms with Gasteiger partial charge in [-0.25, -0.2) is 0 Å². The van der Waals surface area contributed by atoms with Crippen LogP contribution >= 0.6 is 0 Å². The van der Waals surface area contributed by atoms with E-state index in [2.05, 4.69) is 0 Å². The summed E-state index contributed by atoms with van der Waals surface area (Å²) in [7, 11) is 0. The average molecular weight is 140 g/mol. The van der Waals surface area contributed by atoms with Crippen molar-refractivity contribution in [3.05, 3.63) is 5.92 Å². The number of nitrogens with two attached hydrogens (primary N) is 1. The molecule has 1 aliphatic rings. The van der Waals surface area contributed by atoms with Gasteiger partial charge in [-0.05, 0) is 18.8 Å². The van der Waals surface area contributed by atoms with E-state index in [1.54, 1.807) is 0 Å². The Labute approximate surface area is 61.8 Å². The summed E-state index contributed by atoms with van der Waals surface area (Å²) < 4.78 is 0. The zero-order chi connectivity index (χ0) is 7.40. The lowest BCUT2D eigenvalue weighted by molar-refractivity contribution is -0.117. The minimum absolute atomic E-state index is 0.170. The smallest absolute Gasteiger partial charge is 0.217 e. The summed E-state index contributed by atoms with van der Waals surface area (Å²) in [4.78, 5) is 10.5. The predicted octanol–water partition coefficient (Wildman–Crippen LogP) is 1.40. The molecule has 1 amide bonds. The van der Waals surface area contributed by atoms with Crippen LogP contribution in [0, 0.1) is 5.92 Å². The Morgan fingerprint density at radius 1 is 1.30 bits per heavy atom. The van der Waals surface area contributed by atoms with Gasteiger partial charge in [0.2, 0.25) is 5.91 Å². The summed E-state index contributed by atoms with van der Waals surface area (Å²) in [6, 6.07) is 0. The maximum Gasteiger partial charge on any atom is 0.217 e. The summed E-state index contributed by atoms with van der Waals surface area (Å²) in [6.45, 7) is 0. The third kappa shape index (κ3) is 2.38. The van der Waals surface area contributed by atoms with Gasteiger partial charge < -0.3 is 5.73 Å². The molecule has 1 saturated carbocycles. The van der Waals surface area contributed by atoms with Crippen molar-refractivity contribution in [2.75, 3.05) is 0 Å². The highest BCUT2D eigenvalue weighted by Crippen LogP contribution is 2.27. The van der Waals surface area contributed by atoms with Crippen LogP contribution in [0.1, 0.15) is 38.5 Å². The van der Waals surface area contributed by atoms with Crippen LogP contribution in [-0.4, -0.2) is 5.91 Å². The Morgan fingerprint density at radius 2 is 1.90 bits per heavy atom. The van der Waals surface area contributed by atoms with Crippen molar-refractivity contribution in [3.8, 4) is 0 Å². The number of hydrogen-bond acceptors (Lipinski definition) is 1. The minimum Gasteiger partial charge on any atom is -0.370 e. The fraction of sp³-hybridized carbons (Fsp3) is 0.750. The van der Waals surface area contributed by atoms with Crippen molar-refractivity contribution in [1.29, 1.82) is 0 Å². The number of primary amides is 1. The molecule has 1 aliphatic carbocycles. The lowest BCUT2D eigenvalue weighted by atomic mass is 9.87. The van der Waals surface area contributed by atoms with Gasteiger partial charge in [0.25, 0.3) is 0 Å². The van der Waals surface area contributed by atoms with Gasteiger partial charge >= 0.3 is 0 Å². The van der Waals surface area contributed by atoms with Crippen molar-refractivity contribution < 1.29 is 4.79 Å². The summed E-state index contributed by atoms with van der Waals surface area (Å²) in [5, 5.41) is 0. The molecule has 0 aromatic carbocycles. The fourth-order valence-corrected chi connectivity index (χ4v) is 1.47. The van der Waals surface area contributed by atoms with Crippen molar-refractivity contribution >= 4 is 5.91 Å². The molecule has 2 N–H and O–H groups in total. The molecule has 0 atom stereocenters. The predicted molar refractivity (Wildman–Crippen MR) is 40.1 cm³/mol. The van der Waals surface area contributed by atoms with E-state index in [1.807, 2.05) is 0 Å². The largest absolute Gasteiger partial charge is 0.370 e. The molecule has 1 fully saturated rings.